The van der Waals surface area contributed by atoms with E-state index in [9.17, 15) is 4.79 Å². The molecule has 1 amide bonds. The standard InChI is InChI=1S/C24H25N3O3S/c1-29-17-6-7-19-18(14-17)25-24(21-5-2-10-27(19)21)15-23(30-16-24)8-11-26(12-9-23)22(28)20-4-3-13-31-20/h2-7,10,13-14,25H,8-9,11-12,15-16H2,1H3. The Balaban J connectivity index is 1.26. The first-order valence-corrected chi connectivity index (χ1v) is 11.6. The molecule has 3 aliphatic rings. The van der Waals surface area contributed by atoms with Crippen LogP contribution in [0.3, 0.4) is 0 Å². The molecule has 5 heterocycles. The highest BCUT2D eigenvalue weighted by atomic mass is 32.1. The molecule has 0 radical (unpaired) electrons. The number of carbonyl (C=O) groups is 1. The minimum absolute atomic E-state index is 0.142. The Morgan fingerprint density at radius 1 is 1.19 bits per heavy atom. The minimum Gasteiger partial charge on any atom is -0.497 e. The maximum Gasteiger partial charge on any atom is 0.263 e. The molecule has 3 aromatic rings. The van der Waals surface area contributed by atoms with Gasteiger partial charge in [0.2, 0.25) is 0 Å². The Labute approximate surface area is 185 Å². The molecular formula is C24H25N3O3S. The van der Waals surface area contributed by atoms with Crippen LogP contribution in [0.5, 0.6) is 5.75 Å². The summed E-state index contributed by atoms with van der Waals surface area (Å²) in [5, 5.41) is 5.77. The second-order valence-corrected chi connectivity index (χ2v) is 9.72. The third-order valence-electron chi connectivity index (χ3n) is 7.02. The van der Waals surface area contributed by atoms with Gasteiger partial charge < -0.3 is 24.3 Å². The number of likely N-dealkylation sites (tertiary alicyclic amines) is 1. The summed E-state index contributed by atoms with van der Waals surface area (Å²) >= 11 is 1.51. The van der Waals surface area contributed by atoms with E-state index in [0.29, 0.717) is 6.61 Å². The van der Waals surface area contributed by atoms with Gasteiger partial charge >= 0.3 is 0 Å². The zero-order valence-corrected chi connectivity index (χ0v) is 18.3. The molecule has 6 rings (SSSR count). The van der Waals surface area contributed by atoms with Crippen molar-refractivity contribution in [3.05, 3.63) is 64.6 Å². The Hall–Kier alpha value is -2.77. The normalized spacial score (nSPS) is 23.5. The molecule has 31 heavy (non-hydrogen) atoms. The predicted octanol–water partition coefficient (Wildman–Crippen LogP) is 4.26. The average molecular weight is 436 g/mol. The second kappa shape index (κ2) is 6.87. The highest BCUT2D eigenvalue weighted by Crippen LogP contribution is 2.50. The van der Waals surface area contributed by atoms with E-state index in [4.69, 9.17) is 9.47 Å². The number of amides is 1. The van der Waals surface area contributed by atoms with Crippen molar-refractivity contribution >= 4 is 22.9 Å². The molecule has 2 fully saturated rings. The van der Waals surface area contributed by atoms with E-state index in [1.807, 2.05) is 28.5 Å². The van der Waals surface area contributed by atoms with Crippen LogP contribution >= 0.6 is 11.3 Å². The average Bonchev–Trinajstić information content (AvgIpc) is 3.55. The molecule has 3 aliphatic heterocycles. The zero-order chi connectivity index (χ0) is 21.1. The Bertz CT molecular complexity index is 1130. The molecule has 0 aliphatic carbocycles. The van der Waals surface area contributed by atoms with Gasteiger partial charge in [-0.25, -0.2) is 0 Å². The van der Waals surface area contributed by atoms with Gasteiger partial charge in [-0.15, -0.1) is 11.3 Å². The topological polar surface area (TPSA) is 55.7 Å². The molecule has 0 saturated carbocycles. The van der Waals surface area contributed by atoms with E-state index in [1.165, 1.54) is 17.0 Å². The van der Waals surface area contributed by atoms with Crippen molar-refractivity contribution in [3.63, 3.8) is 0 Å². The lowest BCUT2D eigenvalue weighted by atomic mass is 9.79. The molecule has 160 valence electrons. The number of nitrogens with zero attached hydrogens (tertiary/aromatic N) is 2. The van der Waals surface area contributed by atoms with Gasteiger partial charge in [0.1, 0.15) is 11.3 Å². The summed E-state index contributed by atoms with van der Waals surface area (Å²) in [6, 6.07) is 14.3. The third kappa shape index (κ3) is 2.91. The van der Waals surface area contributed by atoms with Crippen LogP contribution in [0.15, 0.2) is 54.0 Å². The summed E-state index contributed by atoms with van der Waals surface area (Å²) in [4.78, 5) is 15.5. The number of methoxy groups -OCH3 is 1. The number of ether oxygens (including phenoxy) is 2. The molecule has 0 bridgehead atoms. The van der Waals surface area contributed by atoms with E-state index >= 15 is 0 Å². The van der Waals surface area contributed by atoms with Crippen LogP contribution in [-0.2, 0) is 10.3 Å². The number of benzene rings is 1. The lowest BCUT2D eigenvalue weighted by Crippen LogP contribution is -2.48. The Kier molecular flexibility index (Phi) is 4.20. The van der Waals surface area contributed by atoms with E-state index in [0.717, 1.165) is 54.4 Å². The van der Waals surface area contributed by atoms with Crippen molar-refractivity contribution in [3.8, 4) is 11.4 Å². The fourth-order valence-electron chi connectivity index (χ4n) is 5.42. The van der Waals surface area contributed by atoms with E-state index in [2.05, 4.69) is 40.3 Å². The highest BCUT2D eigenvalue weighted by Gasteiger charge is 2.54. The number of aromatic nitrogens is 1. The van der Waals surface area contributed by atoms with Crippen LogP contribution in [0.4, 0.5) is 5.69 Å². The van der Waals surface area contributed by atoms with Crippen molar-refractivity contribution < 1.29 is 14.3 Å². The van der Waals surface area contributed by atoms with Gasteiger partial charge in [0.25, 0.3) is 5.91 Å². The molecule has 1 aromatic carbocycles. The molecule has 1 unspecified atom stereocenters. The number of piperidine rings is 1. The maximum atomic E-state index is 12.8. The van der Waals surface area contributed by atoms with Gasteiger partial charge in [-0.3, -0.25) is 4.79 Å². The first-order chi connectivity index (χ1) is 15.1. The molecule has 7 heteroatoms. The number of rotatable bonds is 2. The van der Waals surface area contributed by atoms with Crippen LogP contribution in [0.2, 0.25) is 0 Å². The summed E-state index contributed by atoms with van der Waals surface area (Å²) in [6.07, 6.45) is 4.73. The largest absolute Gasteiger partial charge is 0.497 e. The van der Waals surface area contributed by atoms with Crippen molar-refractivity contribution in [1.82, 2.24) is 9.47 Å². The van der Waals surface area contributed by atoms with Crippen molar-refractivity contribution in [2.45, 2.75) is 30.4 Å². The van der Waals surface area contributed by atoms with Crippen molar-refractivity contribution in [2.75, 3.05) is 32.1 Å². The van der Waals surface area contributed by atoms with E-state index in [1.54, 1.807) is 7.11 Å². The molecular weight excluding hydrogens is 410 g/mol. The van der Waals surface area contributed by atoms with Crippen LogP contribution < -0.4 is 10.1 Å². The van der Waals surface area contributed by atoms with Crippen LogP contribution in [-0.4, -0.2) is 47.8 Å². The van der Waals surface area contributed by atoms with Crippen molar-refractivity contribution in [1.29, 1.82) is 0 Å². The maximum absolute atomic E-state index is 12.8. The van der Waals surface area contributed by atoms with Gasteiger partial charge in [-0.2, -0.15) is 0 Å². The SMILES string of the molecule is COc1ccc2c(c1)NC1(COC3(CCN(C(=O)c4cccs4)CC3)C1)c1cccn1-2. The number of hydrogen-bond donors (Lipinski definition) is 1. The minimum atomic E-state index is -0.275. The fourth-order valence-corrected chi connectivity index (χ4v) is 6.11. The predicted molar refractivity (Wildman–Crippen MR) is 120 cm³/mol. The van der Waals surface area contributed by atoms with E-state index in [-0.39, 0.29) is 17.0 Å². The summed E-state index contributed by atoms with van der Waals surface area (Å²) in [6.45, 7) is 2.09. The van der Waals surface area contributed by atoms with Crippen molar-refractivity contribution in [2.24, 2.45) is 0 Å². The number of nitrogens with one attached hydrogen (secondary N) is 1. The fraction of sp³-hybridized carbons (Fsp3) is 0.375. The third-order valence-corrected chi connectivity index (χ3v) is 7.88. The zero-order valence-electron chi connectivity index (χ0n) is 17.5. The number of fused-ring (bicyclic) bond motifs is 4. The molecule has 6 nitrogen and oxygen atoms in total. The monoisotopic (exact) mass is 435 g/mol. The van der Waals surface area contributed by atoms with Gasteiger partial charge in [-0.05, 0) is 48.6 Å². The lowest BCUT2D eigenvalue weighted by Gasteiger charge is -2.41. The molecule has 2 saturated heterocycles. The summed E-state index contributed by atoms with van der Waals surface area (Å²) in [5.41, 5.74) is 2.95. The van der Waals surface area contributed by atoms with E-state index < -0.39 is 0 Å². The summed E-state index contributed by atoms with van der Waals surface area (Å²) in [7, 11) is 1.69. The molecule has 2 spiro atoms. The first-order valence-electron chi connectivity index (χ1n) is 10.7. The molecule has 2 aromatic heterocycles. The molecule has 1 atom stereocenters. The highest BCUT2D eigenvalue weighted by molar-refractivity contribution is 7.12. The Morgan fingerprint density at radius 3 is 2.84 bits per heavy atom. The van der Waals surface area contributed by atoms with Gasteiger partial charge in [0.05, 0.1) is 41.3 Å². The number of hydrogen-bond acceptors (Lipinski definition) is 5. The summed E-state index contributed by atoms with van der Waals surface area (Å²) < 4.78 is 14.3. The number of anilines is 1. The quantitative estimate of drug-likeness (QED) is 0.653. The van der Waals surface area contributed by atoms with Crippen LogP contribution in [0, 0.1) is 0 Å². The molecule has 1 N–H and O–H groups in total. The number of carbonyl (C=O) groups excluding carboxylic acids is 1. The summed E-state index contributed by atoms with van der Waals surface area (Å²) in [5.74, 6) is 0.981. The van der Waals surface area contributed by atoms with Crippen LogP contribution in [0.1, 0.15) is 34.6 Å². The Morgan fingerprint density at radius 2 is 2.06 bits per heavy atom. The van der Waals surface area contributed by atoms with Gasteiger partial charge in [0.15, 0.2) is 0 Å². The van der Waals surface area contributed by atoms with Gasteiger partial charge in [-0.1, -0.05) is 6.07 Å². The van der Waals surface area contributed by atoms with Crippen LogP contribution in [0.25, 0.3) is 5.69 Å². The first kappa shape index (κ1) is 19.0. The number of thiophene rings is 1. The lowest BCUT2D eigenvalue weighted by molar-refractivity contribution is -0.0391. The smallest absolute Gasteiger partial charge is 0.263 e. The second-order valence-electron chi connectivity index (χ2n) is 8.77. The van der Waals surface area contributed by atoms with Gasteiger partial charge in [0, 0.05) is 31.8 Å².